The molecular formula is Cl6Re2-6. The van der Waals surface area contributed by atoms with E-state index in [2.05, 4.69) is 0 Å². The Kier molecular flexibility index (Phi) is 1310. The third-order valence-corrected chi connectivity index (χ3v) is 0. The molecule has 8 heteroatoms. The van der Waals surface area contributed by atoms with Crippen molar-refractivity contribution < 1.29 is 115 Å². The Morgan fingerprint density at radius 3 is 0.250 bits per heavy atom. The first-order valence-corrected chi connectivity index (χ1v) is 0. The first-order chi connectivity index (χ1) is 0. The van der Waals surface area contributed by atoms with E-state index in [1.54, 1.807) is 0 Å². The van der Waals surface area contributed by atoms with E-state index in [0.717, 1.165) is 0 Å². The maximum Gasteiger partial charge on any atom is 0 e. The van der Waals surface area contributed by atoms with Crippen LogP contribution in [0.5, 0.6) is 0 Å². The second-order valence-electron chi connectivity index (χ2n) is 0. The Morgan fingerprint density at radius 1 is 0.250 bits per heavy atom. The quantitative estimate of drug-likeness (QED) is 0.265. The van der Waals surface area contributed by atoms with Crippen molar-refractivity contribution in [2.45, 2.75) is 0 Å². The van der Waals surface area contributed by atoms with E-state index in [1.807, 2.05) is 0 Å². The van der Waals surface area contributed by atoms with Gasteiger partial charge in [0.05, 0.1) is 0 Å². The molecule has 0 aromatic rings. The van der Waals surface area contributed by atoms with Gasteiger partial charge < -0.3 is 74.4 Å². The van der Waals surface area contributed by atoms with Crippen molar-refractivity contribution in [3.05, 3.63) is 0 Å². The molecule has 0 aliphatic rings. The van der Waals surface area contributed by atoms with Crippen LogP contribution in [0, 0.1) is 0 Å². The second-order valence-corrected chi connectivity index (χ2v) is 0. The maximum absolute atomic E-state index is 0. The molecule has 0 rings (SSSR count). The van der Waals surface area contributed by atoms with Crippen LogP contribution in [0.1, 0.15) is 0 Å². The normalized spacial score (nSPS) is 0. The monoisotopic (exact) mass is 584 g/mol. The van der Waals surface area contributed by atoms with Gasteiger partial charge in [-0.25, -0.2) is 0 Å². The van der Waals surface area contributed by atoms with E-state index in [0.29, 0.717) is 0 Å². The van der Waals surface area contributed by atoms with Crippen molar-refractivity contribution in [3.8, 4) is 0 Å². The Morgan fingerprint density at radius 2 is 0.250 bits per heavy atom. The van der Waals surface area contributed by atoms with Crippen LogP contribution in [-0.4, -0.2) is 0 Å². The molecule has 0 aliphatic carbocycles. The predicted octanol–water partition coefficient (Wildman–Crippen LogP) is -18.0. The molecule has 62 valence electrons. The largest absolute Gasteiger partial charge is 1.00 e. The summed E-state index contributed by atoms with van der Waals surface area (Å²) in [6.07, 6.45) is 0. The molecule has 0 saturated heterocycles. The molecule has 0 amide bonds. The molecule has 0 N–H and O–H groups in total. The van der Waals surface area contributed by atoms with Gasteiger partial charge in [0.1, 0.15) is 0 Å². The Balaban J connectivity index is 0. The molecule has 0 aromatic carbocycles. The zero-order chi connectivity index (χ0) is 0. The van der Waals surface area contributed by atoms with Gasteiger partial charge in [-0.1, -0.05) is 0 Å². The topological polar surface area (TPSA) is 0 Å². The van der Waals surface area contributed by atoms with E-state index >= 15 is 0 Å². The van der Waals surface area contributed by atoms with Gasteiger partial charge in [0.2, 0.25) is 0 Å². The van der Waals surface area contributed by atoms with E-state index in [4.69, 9.17) is 0 Å². The van der Waals surface area contributed by atoms with Crippen LogP contribution in [0.15, 0.2) is 0 Å². The van der Waals surface area contributed by atoms with Crippen molar-refractivity contribution in [2.75, 3.05) is 0 Å². The van der Waals surface area contributed by atoms with Crippen molar-refractivity contribution >= 4 is 0 Å². The number of hydrogen-bond donors (Lipinski definition) is 0. The van der Waals surface area contributed by atoms with E-state index in [1.165, 1.54) is 0 Å². The average Bonchev–Trinajstić information content (AvgIpc) is 0. The third-order valence-electron chi connectivity index (χ3n) is 0. The van der Waals surface area contributed by atoms with E-state index < -0.39 is 0 Å². The molecule has 0 unspecified atom stereocenters. The maximum atomic E-state index is 0. The van der Waals surface area contributed by atoms with Crippen LogP contribution in [0.3, 0.4) is 0 Å². The molecule has 0 nitrogen and oxygen atoms in total. The fourth-order valence-corrected chi connectivity index (χ4v) is 0. The first kappa shape index (κ1) is 119. The summed E-state index contributed by atoms with van der Waals surface area (Å²) in [5.41, 5.74) is 0. The summed E-state index contributed by atoms with van der Waals surface area (Å²) in [7, 11) is 0. The van der Waals surface area contributed by atoms with E-state index in [9.17, 15) is 0 Å². The molecule has 0 atom stereocenters. The van der Waals surface area contributed by atoms with Crippen molar-refractivity contribution in [1.29, 1.82) is 0 Å². The molecule has 0 fully saturated rings. The summed E-state index contributed by atoms with van der Waals surface area (Å²) in [4.78, 5) is 0. The minimum Gasteiger partial charge on any atom is -1.00 e. The molecule has 0 aliphatic heterocycles. The molecule has 0 heterocycles. The summed E-state index contributed by atoms with van der Waals surface area (Å²) < 4.78 is 0. The van der Waals surface area contributed by atoms with Gasteiger partial charge in [-0.15, -0.1) is 0 Å². The molecule has 2 radical (unpaired) electrons. The van der Waals surface area contributed by atoms with Crippen molar-refractivity contribution in [1.82, 2.24) is 0 Å². The molecule has 0 bridgehead atoms. The summed E-state index contributed by atoms with van der Waals surface area (Å²) in [5.74, 6) is 0. The van der Waals surface area contributed by atoms with Gasteiger partial charge in [-0.05, 0) is 0 Å². The number of rotatable bonds is 0. The van der Waals surface area contributed by atoms with Gasteiger partial charge in [0, 0.05) is 40.8 Å². The fraction of sp³-hybridized carbons (Fsp3) is 0. The van der Waals surface area contributed by atoms with Crippen LogP contribution in [0.25, 0.3) is 0 Å². The molecule has 0 aromatic heterocycles. The Hall–Kier alpha value is 3.06. The molecule has 8 heavy (non-hydrogen) atoms. The van der Waals surface area contributed by atoms with Crippen LogP contribution >= 0.6 is 0 Å². The van der Waals surface area contributed by atoms with Crippen LogP contribution in [-0.2, 0) is 40.8 Å². The predicted molar refractivity (Wildman–Crippen MR) is 0 cm³/mol. The summed E-state index contributed by atoms with van der Waals surface area (Å²) in [6, 6.07) is 0. The summed E-state index contributed by atoms with van der Waals surface area (Å²) in [5, 5.41) is 0. The van der Waals surface area contributed by atoms with Gasteiger partial charge in [0.15, 0.2) is 0 Å². The van der Waals surface area contributed by atoms with Crippen molar-refractivity contribution in [2.24, 2.45) is 0 Å². The second kappa shape index (κ2) is 88.1. The third kappa shape index (κ3) is 62.8. The Bertz CT molecular complexity index is 6.49. The van der Waals surface area contributed by atoms with Crippen LogP contribution < -0.4 is 74.4 Å². The summed E-state index contributed by atoms with van der Waals surface area (Å²) in [6.45, 7) is 0. The van der Waals surface area contributed by atoms with Gasteiger partial charge in [-0.3, -0.25) is 0 Å². The molecule has 0 spiro atoms. The zero-order valence-corrected chi connectivity index (χ0v) is 13.0. The molecular weight excluding hydrogens is 585 g/mol. The van der Waals surface area contributed by atoms with E-state index in [-0.39, 0.29) is 115 Å². The smallest absolute Gasteiger partial charge is 0 e. The van der Waals surface area contributed by atoms with Crippen LogP contribution in [0.4, 0.5) is 0 Å². The summed E-state index contributed by atoms with van der Waals surface area (Å²) >= 11 is 0. The van der Waals surface area contributed by atoms with Gasteiger partial charge in [0.25, 0.3) is 0 Å². The Labute approximate surface area is 114 Å². The number of halogens is 6. The number of hydrogen-bond acceptors (Lipinski definition) is 0. The van der Waals surface area contributed by atoms with Gasteiger partial charge >= 0.3 is 0 Å². The van der Waals surface area contributed by atoms with Crippen molar-refractivity contribution in [3.63, 3.8) is 0 Å². The van der Waals surface area contributed by atoms with Gasteiger partial charge in [-0.2, -0.15) is 0 Å². The average molecular weight is 585 g/mol. The molecule has 0 saturated carbocycles. The first-order valence-electron chi connectivity index (χ1n) is 0. The standard InChI is InChI=1S/6ClH.2Re/h6*1H;;/p-6. The zero-order valence-electron chi connectivity index (χ0n) is 3.02. The SMILES string of the molecule is [Cl-].[Cl-].[Cl-].[Cl-].[Cl-].[Cl-].[Re].[Re]. The minimum absolute atomic E-state index is 0. The minimum atomic E-state index is 0. The van der Waals surface area contributed by atoms with Crippen LogP contribution in [0.2, 0.25) is 0 Å². The fourth-order valence-electron chi connectivity index (χ4n) is 0.